The highest BCUT2D eigenvalue weighted by molar-refractivity contribution is 5.67. The minimum atomic E-state index is -1.06. The van der Waals surface area contributed by atoms with Crippen molar-refractivity contribution in [1.82, 2.24) is 0 Å². The maximum absolute atomic E-state index is 13.4. The van der Waals surface area contributed by atoms with Crippen molar-refractivity contribution < 1.29 is 13.2 Å². The molecule has 3 nitrogen and oxygen atoms in total. The van der Waals surface area contributed by atoms with Crippen molar-refractivity contribution in [3.05, 3.63) is 53.3 Å². The number of nitriles is 1. The number of nitrogens with two attached hydrogens (primary N) is 1. The molecule has 0 radical (unpaired) electrons. The van der Waals surface area contributed by atoms with E-state index in [0.717, 1.165) is 0 Å². The highest BCUT2D eigenvalue weighted by Crippen LogP contribution is 2.26. The summed E-state index contributed by atoms with van der Waals surface area (Å²) in [6, 6.07) is 7.21. The highest BCUT2D eigenvalue weighted by Gasteiger charge is 2.12. The number of hydrogen-bond donors (Lipinski definition) is 2. The Kier molecular flexibility index (Phi) is 3.29. The molecule has 19 heavy (non-hydrogen) atoms. The van der Waals surface area contributed by atoms with Crippen molar-refractivity contribution in [2.24, 2.45) is 0 Å². The second-order valence-corrected chi connectivity index (χ2v) is 3.78. The van der Waals surface area contributed by atoms with Crippen molar-refractivity contribution >= 4 is 17.1 Å². The van der Waals surface area contributed by atoms with Gasteiger partial charge >= 0.3 is 0 Å². The Morgan fingerprint density at radius 1 is 1.05 bits per heavy atom. The summed E-state index contributed by atoms with van der Waals surface area (Å²) in [6.07, 6.45) is 0. The van der Waals surface area contributed by atoms with Gasteiger partial charge in [-0.05, 0) is 18.2 Å². The first-order valence-corrected chi connectivity index (χ1v) is 5.22. The summed E-state index contributed by atoms with van der Waals surface area (Å²) in [5.74, 6) is -3.13. The minimum Gasteiger partial charge on any atom is -0.398 e. The van der Waals surface area contributed by atoms with E-state index in [2.05, 4.69) is 5.32 Å². The lowest BCUT2D eigenvalue weighted by molar-refractivity contribution is 0.549. The Balaban J connectivity index is 2.40. The molecule has 0 bridgehead atoms. The lowest BCUT2D eigenvalue weighted by Gasteiger charge is -2.10. The Morgan fingerprint density at radius 3 is 2.26 bits per heavy atom. The first-order chi connectivity index (χ1) is 9.01. The summed E-state index contributed by atoms with van der Waals surface area (Å²) >= 11 is 0. The molecule has 0 spiro atoms. The molecular formula is C13H8F3N3. The third kappa shape index (κ3) is 2.60. The van der Waals surface area contributed by atoms with Crippen LogP contribution in [0.5, 0.6) is 0 Å². The molecule has 0 fully saturated rings. The van der Waals surface area contributed by atoms with E-state index in [9.17, 15) is 13.2 Å². The average molecular weight is 263 g/mol. The van der Waals surface area contributed by atoms with Gasteiger partial charge in [-0.2, -0.15) is 5.26 Å². The van der Waals surface area contributed by atoms with E-state index in [1.54, 1.807) is 0 Å². The Hall–Kier alpha value is -2.68. The second-order valence-electron chi connectivity index (χ2n) is 3.78. The molecule has 0 saturated carbocycles. The molecule has 6 heteroatoms. The summed E-state index contributed by atoms with van der Waals surface area (Å²) in [6.45, 7) is 0. The Labute approximate surface area is 107 Å². The maximum Gasteiger partial charge on any atom is 0.152 e. The zero-order valence-electron chi connectivity index (χ0n) is 9.55. The van der Waals surface area contributed by atoms with Gasteiger partial charge in [0.05, 0.1) is 5.56 Å². The van der Waals surface area contributed by atoms with E-state index in [1.807, 2.05) is 6.07 Å². The van der Waals surface area contributed by atoms with Gasteiger partial charge in [0, 0.05) is 23.5 Å². The number of anilines is 3. The first kappa shape index (κ1) is 12.8. The lowest BCUT2D eigenvalue weighted by atomic mass is 10.1. The topological polar surface area (TPSA) is 61.8 Å². The molecule has 0 aliphatic carbocycles. The Morgan fingerprint density at radius 2 is 1.68 bits per heavy atom. The zero-order valence-corrected chi connectivity index (χ0v) is 9.55. The maximum atomic E-state index is 13.4. The van der Waals surface area contributed by atoms with Gasteiger partial charge in [0.15, 0.2) is 11.6 Å². The third-order valence-electron chi connectivity index (χ3n) is 2.45. The molecule has 0 saturated heterocycles. The van der Waals surface area contributed by atoms with Crippen molar-refractivity contribution in [2.75, 3.05) is 11.1 Å². The van der Waals surface area contributed by atoms with Crippen LogP contribution in [0.2, 0.25) is 0 Å². The number of rotatable bonds is 2. The molecule has 0 atom stereocenters. The smallest absolute Gasteiger partial charge is 0.152 e. The number of nitrogens with one attached hydrogen (secondary N) is 1. The average Bonchev–Trinajstić information content (AvgIpc) is 2.35. The van der Waals surface area contributed by atoms with Crippen LogP contribution in [0.25, 0.3) is 0 Å². The fourth-order valence-corrected chi connectivity index (χ4v) is 1.54. The quantitative estimate of drug-likeness (QED) is 0.817. The molecule has 2 aromatic carbocycles. The van der Waals surface area contributed by atoms with Crippen LogP contribution in [-0.2, 0) is 0 Å². The predicted molar refractivity (Wildman–Crippen MR) is 65.2 cm³/mol. The van der Waals surface area contributed by atoms with Crippen molar-refractivity contribution in [3.63, 3.8) is 0 Å². The fourth-order valence-electron chi connectivity index (χ4n) is 1.54. The van der Waals surface area contributed by atoms with Crippen LogP contribution < -0.4 is 11.1 Å². The van der Waals surface area contributed by atoms with E-state index < -0.39 is 23.1 Å². The lowest BCUT2D eigenvalue weighted by Crippen LogP contribution is -2.00. The van der Waals surface area contributed by atoms with Crippen molar-refractivity contribution in [2.45, 2.75) is 0 Å². The van der Waals surface area contributed by atoms with Crippen molar-refractivity contribution in [1.29, 1.82) is 5.26 Å². The molecule has 0 amide bonds. The third-order valence-corrected chi connectivity index (χ3v) is 2.45. The van der Waals surface area contributed by atoms with Crippen LogP contribution in [0.15, 0.2) is 30.3 Å². The molecule has 3 N–H and O–H groups in total. The van der Waals surface area contributed by atoms with Gasteiger partial charge < -0.3 is 11.1 Å². The van der Waals surface area contributed by atoms with Gasteiger partial charge in [-0.25, -0.2) is 13.2 Å². The normalized spacial score (nSPS) is 10.0. The number of benzene rings is 2. The van der Waals surface area contributed by atoms with Crippen LogP contribution >= 0.6 is 0 Å². The van der Waals surface area contributed by atoms with Crippen LogP contribution in [0, 0.1) is 28.8 Å². The molecule has 0 unspecified atom stereocenters. The van der Waals surface area contributed by atoms with Gasteiger partial charge in [-0.15, -0.1) is 0 Å². The largest absolute Gasteiger partial charge is 0.398 e. The number of nitrogens with zero attached hydrogens (tertiary/aromatic N) is 1. The molecule has 0 aliphatic rings. The monoisotopic (exact) mass is 263 g/mol. The van der Waals surface area contributed by atoms with Gasteiger partial charge in [0.1, 0.15) is 17.6 Å². The van der Waals surface area contributed by atoms with Gasteiger partial charge in [0.2, 0.25) is 0 Å². The summed E-state index contributed by atoms with van der Waals surface area (Å²) in [5.41, 5.74) is 5.74. The molecule has 96 valence electrons. The fraction of sp³-hybridized carbons (Fsp3) is 0. The molecule has 0 aliphatic heterocycles. The van der Waals surface area contributed by atoms with E-state index >= 15 is 0 Å². The van der Waals surface area contributed by atoms with E-state index in [-0.39, 0.29) is 16.9 Å². The first-order valence-electron chi connectivity index (χ1n) is 5.22. The van der Waals surface area contributed by atoms with E-state index in [4.69, 9.17) is 11.0 Å². The predicted octanol–water partition coefficient (Wildman–Crippen LogP) is 3.30. The second kappa shape index (κ2) is 4.90. The molecular weight excluding hydrogens is 255 g/mol. The van der Waals surface area contributed by atoms with Crippen LogP contribution in [0.1, 0.15) is 5.56 Å². The molecule has 2 aromatic rings. The Bertz CT molecular complexity index is 654. The summed E-state index contributed by atoms with van der Waals surface area (Å²) < 4.78 is 39.6. The van der Waals surface area contributed by atoms with E-state index in [0.29, 0.717) is 12.1 Å². The van der Waals surface area contributed by atoms with Crippen LogP contribution in [0.3, 0.4) is 0 Å². The molecule has 0 aromatic heterocycles. The summed E-state index contributed by atoms with van der Waals surface area (Å²) in [7, 11) is 0. The number of halogens is 3. The molecule has 0 heterocycles. The number of nitrogen functional groups attached to an aromatic ring is 1. The van der Waals surface area contributed by atoms with Gasteiger partial charge in [-0.1, -0.05) is 0 Å². The summed E-state index contributed by atoms with van der Waals surface area (Å²) in [5, 5.41) is 11.2. The van der Waals surface area contributed by atoms with Crippen molar-refractivity contribution in [3.8, 4) is 6.07 Å². The number of hydrogen-bond acceptors (Lipinski definition) is 3. The van der Waals surface area contributed by atoms with Crippen LogP contribution in [0.4, 0.5) is 30.2 Å². The zero-order chi connectivity index (χ0) is 14.0. The SMILES string of the molecule is N#Cc1cc(Nc2c(F)cc(F)cc2F)ccc1N. The minimum absolute atomic E-state index is 0.174. The van der Waals surface area contributed by atoms with Crippen LogP contribution in [-0.4, -0.2) is 0 Å². The van der Waals surface area contributed by atoms with Gasteiger partial charge in [-0.3, -0.25) is 0 Å². The molecule has 2 rings (SSSR count). The standard InChI is InChI=1S/C13H8F3N3/c14-8-4-10(15)13(11(16)5-8)19-9-1-2-12(18)7(3-9)6-17/h1-5,19H,18H2. The van der Waals surface area contributed by atoms with Gasteiger partial charge in [0.25, 0.3) is 0 Å². The van der Waals surface area contributed by atoms with E-state index in [1.165, 1.54) is 18.2 Å². The summed E-state index contributed by atoms with van der Waals surface area (Å²) in [4.78, 5) is 0. The highest BCUT2D eigenvalue weighted by atomic mass is 19.1.